The summed E-state index contributed by atoms with van der Waals surface area (Å²) >= 11 is 0. The van der Waals surface area contributed by atoms with E-state index in [1.165, 1.54) is 4.90 Å². The molecule has 1 aromatic carbocycles. The third-order valence-electron chi connectivity index (χ3n) is 8.42. The van der Waals surface area contributed by atoms with Crippen LogP contribution in [0, 0.1) is 19.3 Å². The van der Waals surface area contributed by atoms with Gasteiger partial charge in [-0.3, -0.25) is 9.69 Å². The number of carboxylic acid groups (broad SMARTS) is 1. The summed E-state index contributed by atoms with van der Waals surface area (Å²) in [5.41, 5.74) is 6.90. The highest BCUT2D eigenvalue weighted by Crippen LogP contribution is 2.48. The van der Waals surface area contributed by atoms with Crippen LogP contribution in [0.25, 0.3) is 22.2 Å². The highest BCUT2D eigenvalue weighted by molar-refractivity contribution is 5.94. The Morgan fingerprint density at radius 2 is 1.76 bits per heavy atom. The highest BCUT2D eigenvalue weighted by Gasteiger charge is 2.43. The maximum Gasteiger partial charge on any atom is 0.407 e. The molecule has 1 fully saturated rings. The summed E-state index contributed by atoms with van der Waals surface area (Å²) < 4.78 is 5.87. The Kier molecular flexibility index (Phi) is 6.97. The van der Waals surface area contributed by atoms with Gasteiger partial charge in [0.25, 0.3) is 5.91 Å². The van der Waals surface area contributed by atoms with E-state index >= 15 is 0 Å². The van der Waals surface area contributed by atoms with Crippen LogP contribution in [0.4, 0.5) is 4.79 Å². The summed E-state index contributed by atoms with van der Waals surface area (Å²) in [5.74, 6) is 0.467. The van der Waals surface area contributed by atoms with E-state index in [0.29, 0.717) is 31.0 Å². The number of aromatic amines is 1. The number of carbonyl (C=O) groups is 2. The van der Waals surface area contributed by atoms with E-state index < -0.39 is 12.1 Å². The Labute approximate surface area is 244 Å². The zero-order chi connectivity index (χ0) is 29.8. The lowest BCUT2D eigenvalue weighted by molar-refractivity contribution is -0.00256. The van der Waals surface area contributed by atoms with E-state index in [1.54, 1.807) is 19.3 Å². The normalized spacial score (nSPS) is 19.2. The first kappa shape index (κ1) is 27.8. The van der Waals surface area contributed by atoms with Gasteiger partial charge in [0.05, 0.1) is 30.9 Å². The van der Waals surface area contributed by atoms with E-state index in [-0.39, 0.29) is 30.5 Å². The molecule has 0 bridgehead atoms. The van der Waals surface area contributed by atoms with Gasteiger partial charge in [-0.25, -0.2) is 19.7 Å². The molecule has 1 unspecified atom stereocenters. The second kappa shape index (κ2) is 10.5. The Morgan fingerprint density at radius 3 is 2.48 bits per heavy atom. The lowest BCUT2D eigenvalue weighted by atomic mass is 9.73. The van der Waals surface area contributed by atoms with Crippen molar-refractivity contribution >= 4 is 23.0 Å². The molecule has 6 rings (SSSR count). The van der Waals surface area contributed by atoms with Crippen LogP contribution in [0.15, 0.2) is 43.0 Å². The lowest BCUT2D eigenvalue weighted by Gasteiger charge is -2.47. The fraction of sp³-hybridized carbons (Fsp3) is 0.406. The molecule has 10 heteroatoms. The molecule has 2 aliphatic heterocycles. The maximum atomic E-state index is 14.0. The molecule has 1 saturated heterocycles. The predicted molar refractivity (Wildman–Crippen MR) is 158 cm³/mol. The quantitative estimate of drug-likeness (QED) is 0.336. The van der Waals surface area contributed by atoms with Crippen molar-refractivity contribution in [1.29, 1.82) is 0 Å². The number of benzene rings is 1. The fourth-order valence-electron chi connectivity index (χ4n) is 6.42. The fourth-order valence-corrected chi connectivity index (χ4v) is 6.42. The summed E-state index contributed by atoms with van der Waals surface area (Å²) in [7, 11) is 0. The van der Waals surface area contributed by atoms with Crippen LogP contribution >= 0.6 is 0 Å². The van der Waals surface area contributed by atoms with Gasteiger partial charge in [0.15, 0.2) is 0 Å². The molecule has 4 aromatic rings. The molecule has 0 spiro atoms. The number of amides is 2. The number of carbonyl (C=O) groups excluding carboxylic acids is 1. The number of nitrogens with one attached hydrogen (secondary N) is 1. The Morgan fingerprint density at radius 1 is 1.00 bits per heavy atom. The summed E-state index contributed by atoms with van der Waals surface area (Å²) in [6, 6.07) is 5.57. The molecule has 2 aliphatic rings. The van der Waals surface area contributed by atoms with Crippen molar-refractivity contribution in [2.75, 3.05) is 26.3 Å². The Bertz CT molecular complexity index is 1670. The second-order valence-electron chi connectivity index (χ2n) is 12.3. The van der Waals surface area contributed by atoms with Crippen LogP contribution in [0.1, 0.15) is 71.3 Å². The largest absolute Gasteiger partial charge is 0.465 e. The van der Waals surface area contributed by atoms with Gasteiger partial charge >= 0.3 is 6.09 Å². The SMILES string of the molecule is Cc1ncc(C(=O)N2CCc3cc(-c4cnc5[nH]cc(C)c5c4)cc([C@@H]4COCCN4C(=O)O)c3C2C(C)(C)C)cn1. The van der Waals surface area contributed by atoms with E-state index in [2.05, 4.69) is 58.9 Å². The van der Waals surface area contributed by atoms with Crippen molar-refractivity contribution in [3.8, 4) is 11.1 Å². The van der Waals surface area contributed by atoms with Crippen LogP contribution in [0.5, 0.6) is 0 Å². The van der Waals surface area contributed by atoms with Crippen molar-refractivity contribution in [3.05, 3.63) is 76.6 Å². The van der Waals surface area contributed by atoms with Gasteiger partial charge in [-0.15, -0.1) is 0 Å². The molecule has 2 N–H and O–H groups in total. The first-order valence-corrected chi connectivity index (χ1v) is 14.3. The number of ether oxygens (including phenoxy) is 1. The molecule has 0 aliphatic carbocycles. The van der Waals surface area contributed by atoms with Crippen molar-refractivity contribution < 1.29 is 19.4 Å². The van der Waals surface area contributed by atoms with Gasteiger partial charge in [0.2, 0.25) is 0 Å². The number of aryl methyl sites for hydroxylation is 2. The van der Waals surface area contributed by atoms with Gasteiger partial charge in [-0.05, 0) is 65.6 Å². The van der Waals surface area contributed by atoms with Crippen LogP contribution in [0.3, 0.4) is 0 Å². The molecule has 10 nitrogen and oxygen atoms in total. The smallest absolute Gasteiger partial charge is 0.407 e. The number of nitrogens with zero attached hydrogens (tertiary/aromatic N) is 5. The molecular formula is C32H36N6O4. The maximum absolute atomic E-state index is 14.0. The summed E-state index contributed by atoms with van der Waals surface area (Å²) in [4.78, 5) is 46.2. The van der Waals surface area contributed by atoms with Gasteiger partial charge in [-0.2, -0.15) is 0 Å². The number of morpholine rings is 1. The Balaban J connectivity index is 1.55. The topological polar surface area (TPSA) is 125 Å². The van der Waals surface area contributed by atoms with Crippen LogP contribution in [0.2, 0.25) is 0 Å². The number of H-pyrrole nitrogens is 1. The number of pyridine rings is 1. The molecule has 5 heterocycles. The highest BCUT2D eigenvalue weighted by atomic mass is 16.5. The molecule has 3 aromatic heterocycles. The zero-order valence-corrected chi connectivity index (χ0v) is 24.6. The van der Waals surface area contributed by atoms with Crippen molar-refractivity contribution in [2.45, 2.75) is 53.1 Å². The average molecular weight is 569 g/mol. The average Bonchev–Trinajstić information content (AvgIpc) is 3.35. The monoisotopic (exact) mass is 568 g/mol. The molecule has 218 valence electrons. The summed E-state index contributed by atoms with van der Waals surface area (Å²) in [6.07, 6.45) is 6.60. The van der Waals surface area contributed by atoms with Gasteiger partial charge in [-0.1, -0.05) is 26.8 Å². The van der Waals surface area contributed by atoms with Crippen LogP contribution < -0.4 is 0 Å². The minimum Gasteiger partial charge on any atom is -0.465 e. The molecule has 2 atom stereocenters. The number of fused-ring (bicyclic) bond motifs is 2. The van der Waals surface area contributed by atoms with Crippen molar-refractivity contribution in [3.63, 3.8) is 0 Å². The third-order valence-corrected chi connectivity index (χ3v) is 8.42. The molecular weight excluding hydrogens is 532 g/mol. The van der Waals surface area contributed by atoms with Crippen LogP contribution in [-0.4, -0.2) is 73.1 Å². The molecule has 0 radical (unpaired) electrons. The van der Waals surface area contributed by atoms with Crippen molar-refractivity contribution in [2.24, 2.45) is 5.41 Å². The molecule has 0 saturated carbocycles. The minimum atomic E-state index is -0.985. The first-order chi connectivity index (χ1) is 20.0. The number of aromatic nitrogens is 4. The van der Waals surface area contributed by atoms with Gasteiger partial charge in [0.1, 0.15) is 11.5 Å². The minimum absolute atomic E-state index is 0.136. The first-order valence-electron chi connectivity index (χ1n) is 14.3. The summed E-state index contributed by atoms with van der Waals surface area (Å²) in [5, 5.41) is 11.2. The van der Waals surface area contributed by atoms with Gasteiger partial charge in [0, 0.05) is 48.8 Å². The van der Waals surface area contributed by atoms with Gasteiger partial charge < -0.3 is 19.7 Å². The number of hydrogen-bond acceptors (Lipinski definition) is 6. The van der Waals surface area contributed by atoms with E-state index in [1.807, 2.05) is 24.2 Å². The Hall–Kier alpha value is -4.31. The summed E-state index contributed by atoms with van der Waals surface area (Å²) in [6.45, 7) is 11.6. The lowest BCUT2D eigenvalue weighted by Crippen LogP contribution is -2.48. The zero-order valence-electron chi connectivity index (χ0n) is 24.6. The second-order valence-corrected chi connectivity index (χ2v) is 12.3. The standard InChI is InChI=1S/C32H36N6O4/c1-18-13-35-29-24(18)12-22(14-36-29)21-10-20-6-7-38(30(39)23-15-33-19(2)34-16-23)28(32(3,4)5)27(20)25(11-21)26-17-42-9-8-37(26)31(40)41/h10-16,26,28H,6-9,17H2,1-5H3,(H,35,36)(H,40,41)/t26-,28?/m0/s1. The van der Waals surface area contributed by atoms with E-state index in [0.717, 1.165) is 44.4 Å². The van der Waals surface area contributed by atoms with E-state index in [4.69, 9.17) is 4.74 Å². The number of rotatable bonds is 3. The van der Waals surface area contributed by atoms with E-state index in [9.17, 15) is 14.7 Å². The van der Waals surface area contributed by atoms with Crippen molar-refractivity contribution in [1.82, 2.24) is 29.7 Å². The predicted octanol–water partition coefficient (Wildman–Crippen LogP) is 5.47. The third kappa shape index (κ3) is 4.89. The molecule has 42 heavy (non-hydrogen) atoms. The van der Waals surface area contributed by atoms with Crippen LogP contribution in [-0.2, 0) is 11.2 Å². The number of hydrogen-bond donors (Lipinski definition) is 2. The molecule has 2 amide bonds.